The van der Waals surface area contributed by atoms with E-state index in [0.29, 0.717) is 80.1 Å². The number of carbonyl (C=O) groups is 1. The zero-order valence-electron chi connectivity index (χ0n) is 27.4. The highest BCUT2D eigenvalue weighted by molar-refractivity contribution is 6.04. The number of aromatic nitrogens is 3. The molecule has 1 aliphatic heterocycles. The van der Waals surface area contributed by atoms with E-state index in [9.17, 15) is 9.90 Å². The lowest BCUT2D eigenvalue weighted by Gasteiger charge is -2.27. The van der Waals surface area contributed by atoms with Crippen molar-refractivity contribution in [3.8, 4) is 16.9 Å². The molecule has 3 heterocycles. The van der Waals surface area contributed by atoms with Crippen molar-refractivity contribution in [3.05, 3.63) is 83.1 Å². The van der Waals surface area contributed by atoms with Crippen LogP contribution < -0.4 is 4.74 Å². The molecule has 1 aliphatic rings. The minimum Gasteiger partial charge on any atom is -0.493 e. The quantitative estimate of drug-likeness (QED) is 0.114. The maximum Gasteiger partial charge on any atom is 0.355 e. The number of H-pyrrole nitrogens is 1. The Morgan fingerprint density at radius 3 is 2.64 bits per heavy atom. The highest BCUT2D eigenvalue weighted by Crippen LogP contribution is 2.40. The Labute approximate surface area is 274 Å². The number of aliphatic hydroxyl groups excluding tert-OH is 1. The SMILES string of the molecule is CCOC(=O)c1[nH]c2c(-c3c([C@H](O)CCN4CCOCC4)nn(C)c3CC)c(F)ccc2c1CCCOc1cccc2ccccc12. The smallest absolute Gasteiger partial charge is 0.355 e. The van der Waals surface area contributed by atoms with Crippen LogP contribution in [0.5, 0.6) is 5.75 Å². The standard InChI is InChI=1S/C37H43FN4O5/c1-4-29-33(36(40-41(29)3)30(43)17-18-42-19-22-45-23-20-42)32-28(38)16-15-27-26(35(39-34(27)32)37(44)46-5-2)13-9-21-47-31-14-8-11-24-10-6-7-12-25(24)31/h6-8,10-12,14-16,30,39,43H,4-5,9,13,17-23H2,1-3H3/t30-/m1/s1. The minimum absolute atomic E-state index is 0.209. The van der Waals surface area contributed by atoms with E-state index in [4.69, 9.17) is 19.3 Å². The molecule has 0 bridgehead atoms. The first kappa shape index (κ1) is 32.7. The molecule has 5 aromatic rings. The van der Waals surface area contributed by atoms with Crippen molar-refractivity contribution < 1.29 is 28.5 Å². The molecule has 0 amide bonds. The molecule has 1 atom stereocenters. The monoisotopic (exact) mass is 642 g/mol. The number of rotatable bonds is 13. The average molecular weight is 643 g/mol. The Morgan fingerprint density at radius 1 is 1.06 bits per heavy atom. The average Bonchev–Trinajstić information content (AvgIpc) is 3.63. The van der Waals surface area contributed by atoms with Crippen molar-refractivity contribution in [2.24, 2.45) is 7.05 Å². The lowest BCUT2D eigenvalue weighted by molar-refractivity contribution is 0.0297. The van der Waals surface area contributed by atoms with Gasteiger partial charge in [0.05, 0.1) is 43.7 Å². The van der Waals surface area contributed by atoms with Crippen molar-refractivity contribution in [2.45, 2.75) is 45.6 Å². The van der Waals surface area contributed by atoms with Gasteiger partial charge in [-0.25, -0.2) is 9.18 Å². The van der Waals surface area contributed by atoms with E-state index in [-0.39, 0.29) is 6.61 Å². The molecule has 3 aromatic carbocycles. The number of ether oxygens (including phenoxy) is 3. The van der Waals surface area contributed by atoms with E-state index in [1.54, 1.807) is 17.7 Å². The topological polar surface area (TPSA) is 102 Å². The molecule has 47 heavy (non-hydrogen) atoms. The van der Waals surface area contributed by atoms with E-state index in [0.717, 1.165) is 46.3 Å². The summed E-state index contributed by atoms with van der Waals surface area (Å²) in [4.78, 5) is 18.8. The Bertz CT molecular complexity index is 1850. The highest BCUT2D eigenvalue weighted by atomic mass is 19.1. The molecule has 6 rings (SSSR count). The zero-order chi connectivity index (χ0) is 32.9. The molecule has 0 spiro atoms. The molecule has 1 saturated heterocycles. The van der Waals surface area contributed by atoms with Crippen molar-refractivity contribution >= 4 is 27.6 Å². The van der Waals surface area contributed by atoms with Crippen LogP contribution in [0.3, 0.4) is 0 Å². The van der Waals surface area contributed by atoms with E-state index < -0.39 is 17.9 Å². The fraction of sp³-hybridized carbons (Fsp3) is 0.405. The fourth-order valence-electron chi connectivity index (χ4n) is 6.69. The van der Waals surface area contributed by atoms with Gasteiger partial charge in [0, 0.05) is 54.3 Å². The zero-order valence-corrected chi connectivity index (χ0v) is 27.4. The molecule has 10 heteroatoms. The summed E-state index contributed by atoms with van der Waals surface area (Å²) in [7, 11) is 1.82. The number of nitrogens with one attached hydrogen (secondary N) is 1. The van der Waals surface area contributed by atoms with Gasteiger partial charge in [-0.2, -0.15) is 5.10 Å². The number of halogens is 1. The fourth-order valence-corrected chi connectivity index (χ4v) is 6.69. The number of benzene rings is 3. The number of carbonyl (C=O) groups excluding carboxylic acids is 1. The van der Waals surface area contributed by atoms with E-state index in [2.05, 4.69) is 22.0 Å². The number of fused-ring (bicyclic) bond motifs is 2. The minimum atomic E-state index is -0.904. The molecule has 248 valence electrons. The Kier molecular flexibility index (Phi) is 10.2. The molecule has 2 aromatic heterocycles. The molecule has 0 saturated carbocycles. The van der Waals surface area contributed by atoms with Crippen LogP contribution in [0.25, 0.3) is 32.8 Å². The predicted molar refractivity (Wildman–Crippen MR) is 180 cm³/mol. The molecule has 2 N–H and O–H groups in total. The number of aliphatic hydroxyl groups is 1. The second kappa shape index (κ2) is 14.7. The summed E-state index contributed by atoms with van der Waals surface area (Å²) in [6.45, 7) is 8.03. The predicted octanol–water partition coefficient (Wildman–Crippen LogP) is 6.37. The van der Waals surface area contributed by atoms with Gasteiger partial charge in [-0.1, -0.05) is 43.3 Å². The maximum atomic E-state index is 16.1. The summed E-state index contributed by atoms with van der Waals surface area (Å²) < 4.78 is 34.9. The molecule has 0 radical (unpaired) electrons. The van der Waals surface area contributed by atoms with Crippen LogP contribution in [0.4, 0.5) is 4.39 Å². The Hall–Kier alpha value is -4.25. The van der Waals surface area contributed by atoms with Crippen LogP contribution in [-0.4, -0.2) is 76.8 Å². The third kappa shape index (κ3) is 6.76. The number of aryl methyl sites for hydroxylation is 2. The van der Waals surface area contributed by atoms with E-state index in [1.165, 1.54) is 6.07 Å². The summed E-state index contributed by atoms with van der Waals surface area (Å²) in [5, 5.41) is 19.0. The lowest BCUT2D eigenvalue weighted by atomic mass is 9.94. The van der Waals surface area contributed by atoms with Crippen LogP contribution in [-0.2, 0) is 29.4 Å². The van der Waals surface area contributed by atoms with Gasteiger partial charge in [0.1, 0.15) is 17.3 Å². The summed E-state index contributed by atoms with van der Waals surface area (Å²) in [6.07, 6.45) is 1.25. The van der Waals surface area contributed by atoms with Gasteiger partial charge in [-0.15, -0.1) is 0 Å². The van der Waals surface area contributed by atoms with Crippen LogP contribution in [0, 0.1) is 5.82 Å². The van der Waals surface area contributed by atoms with Crippen LogP contribution in [0.15, 0.2) is 54.6 Å². The summed E-state index contributed by atoms with van der Waals surface area (Å²) in [5.41, 5.74) is 3.64. The number of hydrogen-bond donors (Lipinski definition) is 2. The molecule has 0 unspecified atom stereocenters. The summed E-state index contributed by atoms with van der Waals surface area (Å²) in [5.74, 6) is -0.141. The Balaban J connectivity index is 1.34. The third-order valence-electron chi connectivity index (χ3n) is 9.01. The maximum absolute atomic E-state index is 16.1. The molecule has 9 nitrogen and oxygen atoms in total. The Morgan fingerprint density at radius 2 is 1.85 bits per heavy atom. The molecular formula is C37H43FN4O5. The van der Waals surface area contributed by atoms with Crippen molar-refractivity contribution in [1.29, 1.82) is 0 Å². The number of morpholine rings is 1. The van der Waals surface area contributed by atoms with Crippen LogP contribution in [0.2, 0.25) is 0 Å². The first-order valence-electron chi connectivity index (χ1n) is 16.6. The normalized spacial score (nSPS) is 14.6. The van der Waals surface area contributed by atoms with Gasteiger partial charge in [0.15, 0.2) is 0 Å². The molecular weight excluding hydrogens is 599 g/mol. The van der Waals surface area contributed by atoms with Gasteiger partial charge in [-0.3, -0.25) is 9.58 Å². The number of hydrogen-bond acceptors (Lipinski definition) is 7. The van der Waals surface area contributed by atoms with Crippen LogP contribution in [0.1, 0.15) is 60.2 Å². The van der Waals surface area contributed by atoms with Crippen molar-refractivity contribution in [3.63, 3.8) is 0 Å². The summed E-state index contributed by atoms with van der Waals surface area (Å²) in [6, 6.07) is 17.2. The van der Waals surface area contributed by atoms with Gasteiger partial charge < -0.3 is 24.3 Å². The lowest BCUT2D eigenvalue weighted by Crippen LogP contribution is -2.37. The van der Waals surface area contributed by atoms with Gasteiger partial charge >= 0.3 is 5.97 Å². The third-order valence-corrected chi connectivity index (χ3v) is 9.01. The first-order chi connectivity index (χ1) is 22.9. The number of esters is 1. The van der Waals surface area contributed by atoms with E-state index >= 15 is 4.39 Å². The van der Waals surface area contributed by atoms with E-state index in [1.807, 2.05) is 44.3 Å². The molecule has 0 aliphatic carbocycles. The van der Waals surface area contributed by atoms with Crippen LogP contribution >= 0.6 is 0 Å². The second-order valence-electron chi connectivity index (χ2n) is 11.9. The highest BCUT2D eigenvalue weighted by Gasteiger charge is 2.29. The molecule has 1 fully saturated rings. The van der Waals surface area contributed by atoms with Gasteiger partial charge in [-0.05, 0) is 61.8 Å². The number of nitrogens with zero attached hydrogens (tertiary/aromatic N) is 3. The van der Waals surface area contributed by atoms with Gasteiger partial charge in [0.2, 0.25) is 0 Å². The van der Waals surface area contributed by atoms with Crippen molar-refractivity contribution in [1.82, 2.24) is 19.7 Å². The van der Waals surface area contributed by atoms with Crippen molar-refractivity contribution in [2.75, 3.05) is 46.1 Å². The second-order valence-corrected chi connectivity index (χ2v) is 11.9. The summed E-state index contributed by atoms with van der Waals surface area (Å²) >= 11 is 0. The largest absolute Gasteiger partial charge is 0.493 e. The number of aromatic amines is 1. The first-order valence-corrected chi connectivity index (χ1v) is 16.6. The van der Waals surface area contributed by atoms with Gasteiger partial charge in [0.25, 0.3) is 0 Å².